The van der Waals surface area contributed by atoms with Gasteiger partial charge in [0.15, 0.2) is 12.6 Å². The van der Waals surface area contributed by atoms with E-state index in [4.69, 9.17) is 42.6 Å². The minimum absolute atomic E-state index is 0.843. The van der Waals surface area contributed by atoms with E-state index in [-0.39, 0.29) is 0 Å². The average molecular weight is 829 g/mol. The topological polar surface area (TPSA) is 427 Å². The third-order valence-electron chi connectivity index (χ3n) is 10.6. The Hall–Kier alpha value is -1.04. The van der Waals surface area contributed by atoms with Gasteiger partial charge in [0.2, 0.25) is 17.4 Å². The molecule has 0 amide bonds. The van der Waals surface area contributed by atoms with E-state index < -0.39 is 187 Å². The van der Waals surface area contributed by atoms with Crippen molar-refractivity contribution >= 4 is 0 Å². The Morgan fingerprint density at radius 2 is 0.804 bits per heavy atom. The maximum absolute atomic E-state index is 11.2. The zero-order valence-electron chi connectivity index (χ0n) is 29.4. The quantitative estimate of drug-likeness (QED) is 0.0687. The van der Waals surface area contributed by atoms with Gasteiger partial charge in [-0.25, -0.2) is 0 Å². The zero-order valence-corrected chi connectivity index (χ0v) is 29.4. The van der Waals surface area contributed by atoms with Crippen molar-refractivity contribution in [3.63, 3.8) is 0 Å². The Kier molecular flexibility index (Phi) is 15.0. The van der Waals surface area contributed by atoms with E-state index in [1.165, 1.54) is 0 Å². The summed E-state index contributed by atoms with van der Waals surface area (Å²) in [6.07, 6.45) is -36.0. The first-order chi connectivity index (χ1) is 26.4. The lowest BCUT2D eigenvalue weighted by Gasteiger charge is -2.47. The van der Waals surface area contributed by atoms with Gasteiger partial charge in [0.1, 0.15) is 124 Å². The van der Waals surface area contributed by atoms with E-state index in [9.17, 15) is 86.8 Å². The minimum atomic E-state index is -2.81. The number of aliphatic hydroxyl groups excluding tert-OH is 17. The molecule has 0 aliphatic carbocycles. The number of aliphatic hydroxyl groups is 17. The van der Waals surface area contributed by atoms with Crippen LogP contribution in [0.2, 0.25) is 0 Å². The molecule has 5 saturated heterocycles. The van der Waals surface area contributed by atoms with Crippen molar-refractivity contribution in [3.05, 3.63) is 0 Å². The first-order valence-electron chi connectivity index (χ1n) is 17.5. The summed E-state index contributed by atoms with van der Waals surface area (Å²) in [4.78, 5) is 0. The van der Waals surface area contributed by atoms with Crippen LogP contribution in [-0.4, -0.2) is 273 Å². The molecule has 0 bridgehead atoms. The van der Waals surface area contributed by atoms with Crippen LogP contribution in [0.3, 0.4) is 0 Å². The largest absolute Gasteiger partial charge is 0.394 e. The van der Waals surface area contributed by atoms with Gasteiger partial charge < -0.3 is 129 Å². The van der Waals surface area contributed by atoms with E-state index in [0.717, 1.165) is 0 Å². The van der Waals surface area contributed by atoms with Crippen LogP contribution in [0.25, 0.3) is 0 Å². The van der Waals surface area contributed by atoms with Crippen molar-refractivity contribution in [1.29, 1.82) is 0 Å². The molecule has 5 heterocycles. The molecule has 5 aliphatic heterocycles. The van der Waals surface area contributed by atoms with Crippen molar-refractivity contribution in [2.45, 2.75) is 134 Å². The highest BCUT2D eigenvalue weighted by Crippen LogP contribution is 2.42. The molecular formula is C30H52O26. The number of hydrogen-bond donors (Lipinski definition) is 17. The van der Waals surface area contributed by atoms with E-state index in [0.29, 0.717) is 0 Å². The van der Waals surface area contributed by atoms with Crippen LogP contribution in [0.15, 0.2) is 0 Å². The molecule has 0 spiro atoms. The van der Waals surface area contributed by atoms with Crippen molar-refractivity contribution in [2.75, 3.05) is 52.9 Å². The molecule has 26 nitrogen and oxygen atoms in total. The fourth-order valence-corrected chi connectivity index (χ4v) is 7.14. The highest BCUT2D eigenvalue weighted by Gasteiger charge is 2.64. The minimum Gasteiger partial charge on any atom is -0.394 e. The molecule has 0 saturated carbocycles. The average Bonchev–Trinajstić information content (AvgIpc) is 3.70. The third-order valence-corrected chi connectivity index (χ3v) is 10.6. The normalized spacial score (nSPS) is 52.6. The number of rotatable bonds is 16. The standard InChI is InChI=1S/C30H52O26/c31-1-9-14(37)18(41)20(43)26(50-9)52-22-13(5-35)51-27(21(44)19(22)42)56-30(25(47)17(40)12(4-34)55-30)8-49-29(24(46)16(39)11(3-33)54-29)7-48-28(6-36)23(45)15(38)10(2-32)53-28/h9-27,31-47H,1-8H2/t9-,10-,11-,12-,13-,14+,15-,16-,17-,18+,19-,20-,21-,22-,23+,24+,25+,26-,27-,28+,29-,30+/m1/s1. The molecular weight excluding hydrogens is 776 g/mol. The Morgan fingerprint density at radius 3 is 1.30 bits per heavy atom. The van der Waals surface area contributed by atoms with Crippen LogP contribution in [0.4, 0.5) is 0 Å². The predicted molar refractivity (Wildman–Crippen MR) is 167 cm³/mol. The third kappa shape index (κ3) is 8.21. The van der Waals surface area contributed by atoms with Gasteiger partial charge >= 0.3 is 0 Å². The van der Waals surface area contributed by atoms with Crippen LogP contribution in [0, 0.1) is 0 Å². The second-order valence-electron chi connectivity index (χ2n) is 14.1. The maximum Gasteiger partial charge on any atom is 0.224 e. The van der Waals surface area contributed by atoms with Gasteiger partial charge in [-0.05, 0) is 0 Å². The molecule has 0 aromatic rings. The first-order valence-corrected chi connectivity index (χ1v) is 17.5. The lowest BCUT2D eigenvalue weighted by Crippen LogP contribution is -2.66. The molecule has 0 aromatic carbocycles. The van der Waals surface area contributed by atoms with Gasteiger partial charge in [0.25, 0.3) is 0 Å². The SMILES string of the molecule is OC[C@H]1O[C@H](O[C@H]2[C@H](O)[C@@H](O)[C@@H](O[C@]3(CO[C@]4(CO[C@@]5(CO)O[C@H](CO)[C@@H](O)[C@@H]5O)O[C@H](CO)[C@@H](O)[C@@H]4O)O[C@H](CO)[C@@H](O)[C@@H]3O)O[C@@H]2CO)[C@H](O)[C@@H](O)[C@H]1O. The van der Waals surface area contributed by atoms with Crippen LogP contribution in [-0.2, 0) is 42.6 Å². The molecule has 56 heavy (non-hydrogen) atoms. The van der Waals surface area contributed by atoms with Crippen LogP contribution < -0.4 is 0 Å². The van der Waals surface area contributed by atoms with E-state index >= 15 is 0 Å². The van der Waals surface area contributed by atoms with Crippen molar-refractivity contribution in [2.24, 2.45) is 0 Å². The fourth-order valence-electron chi connectivity index (χ4n) is 7.14. The van der Waals surface area contributed by atoms with Gasteiger partial charge in [-0.2, -0.15) is 0 Å². The molecule has 0 radical (unpaired) electrons. The van der Waals surface area contributed by atoms with Gasteiger partial charge in [0, 0.05) is 0 Å². The summed E-state index contributed by atoms with van der Waals surface area (Å²) in [5, 5.41) is 177. The molecule has 26 heteroatoms. The Labute approximate surface area is 316 Å². The fraction of sp³-hybridized carbons (Fsp3) is 1.00. The summed E-state index contributed by atoms with van der Waals surface area (Å²) in [6.45, 7) is -8.20. The summed E-state index contributed by atoms with van der Waals surface area (Å²) < 4.78 is 50.2. The van der Waals surface area contributed by atoms with Crippen LogP contribution in [0.1, 0.15) is 0 Å². The molecule has 0 unspecified atom stereocenters. The molecule has 5 aliphatic rings. The monoisotopic (exact) mass is 828 g/mol. The summed E-state index contributed by atoms with van der Waals surface area (Å²) in [7, 11) is 0. The van der Waals surface area contributed by atoms with Gasteiger partial charge in [-0.15, -0.1) is 0 Å². The highest BCUT2D eigenvalue weighted by molar-refractivity contribution is 5.03. The zero-order chi connectivity index (χ0) is 41.5. The lowest BCUT2D eigenvalue weighted by molar-refractivity contribution is -0.412. The summed E-state index contributed by atoms with van der Waals surface area (Å²) in [5.41, 5.74) is 0. The predicted octanol–water partition coefficient (Wildman–Crippen LogP) is -11.9. The van der Waals surface area contributed by atoms with Gasteiger partial charge in [-0.1, -0.05) is 0 Å². The Bertz CT molecular complexity index is 1250. The summed E-state index contributed by atoms with van der Waals surface area (Å²) >= 11 is 0. The summed E-state index contributed by atoms with van der Waals surface area (Å²) in [5.74, 6) is -8.02. The molecule has 5 fully saturated rings. The Balaban J connectivity index is 1.40. The van der Waals surface area contributed by atoms with Crippen molar-refractivity contribution in [3.8, 4) is 0 Å². The van der Waals surface area contributed by atoms with Gasteiger partial charge in [0.05, 0.1) is 33.0 Å². The smallest absolute Gasteiger partial charge is 0.224 e. The Morgan fingerprint density at radius 1 is 0.393 bits per heavy atom. The molecule has 5 rings (SSSR count). The van der Waals surface area contributed by atoms with E-state index in [1.807, 2.05) is 0 Å². The van der Waals surface area contributed by atoms with Crippen LogP contribution >= 0.6 is 0 Å². The number of hydrogen-bond acceptors (Lipinski definition) is 26. The van der Waals surface area contributed by atoms with Crippen molar-refractivity contribution < 1.29 is 129 Å². The molecule has 0 aromatic heterocycles. The molecule has 22 atom stereocenters. The highest BCUT2D eigenvalue weighted by atomic mass is 16.8. The van der Waals surface area contributed by atoms with E-state index in [1.54, 1.807) is 0 Å². The van der Waals surface area contributed by atoms with E-state index in [2.05, 4.69) is 0 Å². The van der Waals surface area contributed by atoms with Gasteiger partial charge in [-0.3, -0.25) is 0 Å². The second kappa shape index (κ2) is 18.3. The lowest BCUT2D eigenvalue weighted by atomic mass is 9.96. The van der Waals surface area contributed by atoms with Crippen LogP contribution in [0.5, 0.6) is 0 Å². The summed E-state index contributed by atoms with van der Waals surface area (Å²) in [6, 6.07) is 0. The van der Waals surface area contributed by atoms with Crippen molar-refractivity contribution in [1.82, 2.24) is 0 Å². The first kappa shape index (κ1) is 46.0. The maximum atomic E-state index is 11.2. The second-order valence-corrected chi connectivity index (χ2v) is 14.1. The molecule has 328 valence electrons. The molecule has 17 N–H and O–H groups in total. The number of ether oxygens (including phenoxy) is 9.